The van der Waals surface area contributed by atoms with Crippen molar-refractivity contribution >= 4 is 43.5 Å². The molecule has 0 radical (unpaired) electrons. The van der Waals surface area contributed by atoms with E-state index in [1.54, 1.807) is 0 Å². The highest BCUT2D eigenvalue weighted by atomic mass is 79.9. The fourth-order valence-electron chi connectivity index (χ4n) is 1.17. The van der Waals surface area contributed by atoms with E-state index in [0.29, 0.717) is 6.54 Å². The van der Waals surface area contributed by atoms with Gasteiger partial charge in [0.25, 0.3) is 0 Å². The molecule has 0 fully saturated rings. The van der Waals surface area contributed by atoms with Crippen LogP contribution in [0.15, 0.2) is 22.7 Å². The first-order valence-corrected chi connectivity index (χ1v) is 6.47. The fourth-order valence-corrected chi connectivity index (χ4v) is 1.77. The molecular weight excluding hydrogens is 338 g/mol. The summed E-state index contributed by atoms with van der Waals surface area (Å²) in [6, 6.07) is 5.94. The molecule has 1 rings (SSSR count). The van der Waals surface area contributed by atoms with Gasteiger partial charge in [-0.15, -0.1) is 0 Å². The molecule has 0 aliphatic heterocycles. The third-order valence-electron chi connectivity index (χ3n) is 2.10. The van der Waals surface area contributed by atoms with Crippen molar-refractivity contribution in [2.75, 3.05) is 19.0 Å². The van der Waals surface area contributed by atoms with E-state index in [2.05, 4.69) is 41.9 Å². The van der Waals surface area contributed by atoms with E-state index < -0.39 is 0 Å². The highest BCUT2D eigenvalue weighted by Gasteiger charge is 2.14. The molecule has 0 aromatic heterocycles. The molecule has 88 valence electrons. The maximum Gasteiger partial charge on any atom is 0.321 e. The molecule has 0 spiro atoms. The first kappa shape index (κ1) is 13.5. The Labute approximate surface area is 112 Å². The van der Waals surface area contributed by atoms with Crippen LogP contribution in [0.4, 0.5) is 5.69 Å². The van der Waals surface area contributed by atoms with E-state index in [-0.39, 0.29) is 10.8 Å². The molecule has 0 bridgehead atoms. The number of alkyl halides is 1. The third kappa shape index (κ3) is 3.79. The summed E-state index contributed by atoms with van der Waals surface area (Å²) in [7, 11) is 1.38. The molecule has 1 aromatic rings. The number of hydrogen-bond acceptors (Lipinski definition) is 3. The van der Waals surface area contributed by atoms with Crippen LogP contribution in [0, 0.1) is 6.92 Å². The van der Waals surface area contributed by atoms with Crippen molar-refractivity contribution in [2.24, 2.45) is 0 Å². The van der Waals surface area contributed by atoms with Gasteiger partial charge in [0.15, 0.2) is 0 Å². The summed E-state index contributed by atoms with van der Waals surface area (Å²) >= 11 is 6.68. The lowest BCUT2D eigenvalue weighted by atomic mass is 10.2. The van der Waals surface area contributed by atoms with Crippen LogP contribution in [-0.4, -0.2) is 24.5 Å². The van der Waals surface area contributed by atoms with Crippen LogP contribution in [0.25, 0.3) is 0 Å². The van der Waals surface area contributed by atoms with Gasteiger partial charge < -0.3 is 10.1 Å². The summed E-state index contributed by atoms with van der Waals surface area (Å²) in [5.41, 5.74) is 2.13. The Morgan fingerprint density at radius 1 is 1.56 bits per heavy atom. The zero-order chi connectivity index (χ0) is 12.1. The SMILES string of the molecule is COC(=O)C(Br)CNc1ccc(Br)c(C)c1. The second-order valence-electron chi connectivity index (χ2n) is 3.34. The van der Waals surface area contributed by atoms with E-state index in [0.717, 1.165) is 15.7 Å². The van der Waals surface area contributed by atoms with E-state index in [1.165, 1.54) is 7.11 Å². The second-order valence-corrected chi connectivity index (χ2v) is 5.30. The lowest BCUT2D eigenvalue weighted by Crippen LogP contribution is -2.24. The van der Waals surface area contributed by atoms with Crippen LogP contribution < -0.4 is 5.32 Å². The molecule has 1 atom stereocenters. The molecular formula is C11H13Br2NO2. The topological polar surface area (TPSA) is 38.3 Å². The molecule has 1 unspecified atom stereocenters. The number of hydrogen-bond donors (Lipinski definition) is 1. The molecule has 0 saturated heterocycles. The molecule has 3 nitrogen and oxygen atoms in total. The van der Waals surface area contributed by atoms with Crippen molar-refractivity contribution in [3.63, 3.8) is 0 Å². The molecule has 0 amide bonds. The lowest BCUT2D eigenvalue weighted by molar-refractivity contribution is -0.139. The van der Waals surface area contributed by atoms with Gasteiger partial charge in [-0.3, -0.25) is 4.79 Å². The van der Waals surface area contributed by atoms with Crippen LogP contribution in [0.3, 0.4) is 0 Å². The summed E-state index contributed by atoms with van der Waals surface area (Å²) in [5, 5.41) is 3.16. The highest BCUT2D eigenvalue weighted by molar-refractivity contribution is 9.10. The fraction of sp³-hybridized carbons (Fsp3) is 0.364. The third-order valence-corrected chi connectivity index (χ3v) is 3.69. The van der Waals surface area contributed by atoms with E-state index in [9.17, 15) is 4.79 Å². The largest absolute Gasteiger partial charge is 0.468 e. The van der Waals surface area contributed by atoms with Crippen molar-refractivity contribution in [3.8, 4) is 0 Å². The number of esters is 1. The van der Waals surface area contributed by atoms with Gasteiger partial charge in [-0.25, -0.2) is 0 Å². The molecule has 0 aliphatic carbocycles. The minimum atomic E-state index is -0.332. The minimum Gasteiger partial charge on any atom is -0.468 e. The maximum atomic E-state index is 11.1. The Balaban J connectivity index is 2.55. The number of carbonyl (C=O) groups is 1. The average Bonchev–Trinajstić information content (AvgIpc) is 2.29. The monoisotopic (exact) mass is 349 g/mol. The lowest BCUT2D eigenvalue weighted by Gasteiger charge is -2.11. The number of aryl methyl sites for hydroxylation is 1. The first-order chi connectivity index (χ1) is 7.54. The minimum absolute atomic E-state index is 0.277. The molecule has 5 heteroatoms. The quantitative estimate of drug-likeness (QED) is 0.669. The smallest absolute Gasteiger partial charge is 0.321 e. The van der Waals surface area contributed by atoms with Crippen molar-refractivity contribution in [1.82, 2.24) is 0 Å². The van der Waals surface area contributed by atoms with Crippen LogP contribution in [0.5, 0.6) is 0 Å². The maximum absolute atomic E-state index is 11.1. The molecule has 0 aliphatic rings. The molecule has 0 saturated carbocycles. The predicted molar refractivity (Wildman–Crippen MR) is 72.1 cm³/mol. The Hall–Kier alpha value is -0.550. The summed E-state index contributed by atoms with van der Waals surface area (Å²) in [6.07, 6.45) is 0. The first-order valence-electron chi connectivity index (χ1n) is 4.76. The summed E-state index contributed by atoms with van der Waals surface area (Å²) < 4.78 is 5.68. The van der Waals surface area contributed by atoms with Gasteiger partial charge in [0, 0.05) is 16.7 Å². The standard InChI is InChI=1S/C11H13Br2NO2/c1-7-5-8(3-4-9(7)12)14-6-10(13)11(15)16-2/h3-5,10,14H,6H2,1-2H3. The Kier molecular flexibility index (Phi) is 5.28. The number of halogens is 2. The van der Waals surface area contributed by atoms with E-state index >= 15 is 0 Å². The Morgan fingerprint density at radius 2 is 2.25 bits per heavy atom. The Morgan fingerprint density at radius 3 is 2.81 bits per heavy atom. The molecule has 1 aromatic carbocycles. The highest BCUT2D eigenvalue weighted by Crippen LogP contribution is 2.20. The number of anilines is 1. The zero-order valence-electron chi connectivity index (χ0n) is 9.09. The van der Waals surface area contributed by atoms with Crippen LogP contribution in [0.2, 0.25) is 0 Å². The van der Waals surface area contributed by atoms with Crippen molar-refractivity contribution in [2.45, 2.75) is 11.8 Å². The summed E-state index contributed by atoms with van der Waals surface area (Å²) in [4.78, 5) is 10.8. The van der Waals surface area contributed by atoms with Gasteiger partial charge in [-0.2, -0.15) is 0 Å². The van der Waals surface area contributed by atoms with Gasteiger partial charge in [-0.1, -0.05) is 31.9 Å². The van der Waals surface area contributed by atoms with Crippen LogP contribution in [-0.2, 0) is 9.53 Å². The Bertz CT molecular complexity index is 382. The van der Waals surface area contributed by atoms with Gasteiger partial charge >= 0.3 is 5.97 Å². The van der Waals surface area contributed by atoms with Crippen molar-refractivity contribution in [1.29, 1.82) is 0 Å². The number of methoxy groups -OCH3 is 1. The molecule has 1 N–H and O–H groups in total. The number of rotatable bonds is 4. The molecule has 16 heavy (non-hydrogen) atoms. The number of nitrogens with one attached hydrogen (secondary N) is 1. The summed E-state index contributed by atoms with van der Waals surface area (Å²) in [6.45, 7) is 2.51. The predicted octanol–water partition coefficient (Wildman–Crippen LogP) is 3.11. The van der Waals surface area contributed by atoms with Gasteiger partial charge in [0.2, 0.25) is 0 Å². The van der Waals surface area contributed by atoms with Crippen molar-refractivity contribution < 1.29 is 9.53 Å². The zero-order valence-corrected chi connectivity index (χ0v) is 12.3. The number of carbonyl (C=O) groups excluding carboxylic acids is 1. The van der Waals surface area contributed by atoms with Gasteiger partial charge in [0.05, 0.1) is 7.11 Å². The van der Waals surface area contributed by atoms with Crippen LogP contribution in [0.1, 0.15) is 5.56 Å². The van der Waals surface area contributed by atoms with Gasteiger partial charge in [-0.05, 0) is 30.7 Å². The van der Waals surface area contributed by atoms with E-state index in [4.69, 9.17) is 0 Å². The molecule has 0 heterocycles. The second kappa shape index (κ2) is 6.25. The summed E-state index contributed by atoms with van der Waals surface area (Å²) in [5.74, 6) is -0.277. The number of ether oxygens (including phenoxy) is 1. The van der Waals surface area contributed by atoms with Crippen molar-refractivity contribution in [3.05, 3.63) is 28.2 Å². The van der Waals surface area contributed by atoms with Gasteiger partial charge in [0.1, 0.15) is 4.83 Å². The van der Waals surface area contributed by atoms with Crippen LogP contribution >= 0.6 is 31.9 Å². The van der Waals surface area contributed by atoms with E-state index in [1.807, 2.05) is 25.1 Å². The normalized spacial score (nSPS) is 12.0. The number of benzene rings is 1. The average molecular weight is 351 g/mol.